The zero-order chi connectivity index (χ0) is 15.2. The van der Waals surface area contributed by atoms with Crippen LogP contribution in [0.15, 0.2) is 29.6 Å². The molecular weight excluding hydrogens is 286 g/mol. The number of thiophene rings is 1. The number of benzene rings is 1. The van der Waals surface area contributed by atoms with E-state index in [1.54, 1.807) is 27.4 Å². The monoisotopic (exact) mass is 301 g/mol. The second-order valence-electron chi connectivity index (χ2n) is 4.11. The van der Waals surface area contributed by atoms with Crippen molar-refractivity contribution in [3.63, 3.8) is 0 Å². The van der Waals surface area contributed by atoms with Gasteiger partial charge in [0.15, 0.2) is 11.5 Å². The summed E-state index contributed by atoms with van der Waals surface area (Å²) in [5, 5.41) is 11.3. The van der Waals surface area contributed by atoms with Crippen molar-refractivity contribution >= 4 is 23.0 Å². The Labute approximate surface area is 127 Å². The lowest BCUT2D eigenvalue weighted by Gasteiger charge is -2.13. The maximum atomic E-state index is 9.31. The van der Waals surface area contributed by atoms with Crippen LogP contribution in [0.25, 0.3) is 11.6 Å². The van der Waals surface area contributed by atoms with Crippen molar-refractivity contribution in [2.75, 3.05) is 21.3 Å². The second kappa shape index (κ2) is 6.82. The molecule has 0 N–H and O–H groups in total. The fraction of sp³-hybridized carbons (Fsp3) is 0.188. The molecule has 0 aliphatic rings. The van der Waals surface area contributed by atoms with Gasteiger partial charge in [-0.2, -0.15) is 5.26 Å². The summed E-state index contributed by atoms with van der Waals surface area (Å²) in [5.74, 6) is 1.66. The summed E-state index contributed by atoms with van der Waals surface area (Å²) < 4.78 is 15.9. The van der Waals surface area contributed by atoms with Crippen LogP contribution in [-0.4, -0.2) is 21.3 Å². The average molecular weight is 301 g/mol. The molecule has 0 spiro atoms. The first kappa shape index (κ1) is 14.9. The number of ether oxygens (including phenoxy) is 3. The highest BCUT2D eigenvalue weighted by atomic mass is 32.1. The third-order valence-corrected chi connectivity index (χ3v) is 3.81. The molecule has 108 valence electrons. The Hall–Kier alpha value is -2.45. The van der Waals surface area contributed by atoms with Gasteiger partial charge in [0.2, 0.25) is 5.75 Å². The quantitative estimate of drug-likeness (QED) is 0.787. The van der Waals surface area contributed by atoms with E-state index in [0.717, 1.165) is 10.4 Å². The van der Waals surface area contributed by atoms with E-state index in [4.69, 9.17) is 14.2 Å². The number of rotatable bonds is 5. The fourth-order valence-corrected chi connectivity index (χ4v) is 2.63. The van der Waals surface area contributed by atoms with Crippen molar-refractivity contribution in [3.8, 4) is 23.3 Å². The largest absolute Gasteiger partial charge is 0.493 e. The van der Waals surface area contributed by atoms with Crippen LogP contribution in [0.1, 0.15) is 10.4 Å². The Kier molecular flexibility index (Phi) is 4.85. The predicted molar refractivity (Wildman–Crippen MR) is 83.9 cm³/mol. The third-order valence-electron chi connectivity index (χ3n) is 2.91. The van der Waals surface area contributed by atoms with E-state index in [0.29, 0.717) is 22.8 Å². The summed E-state index contributed by atoms with van der Waals surface area (Å²) in [6.45, 7) is 0. The van der Waals surface area contributed by atoms with Crippen molar-refractivity contribution < 1.29 is 14.2 Å². The maximum absolute atomic E-state index is 9.31. The first-order valence-electron chi connectivity index (χ1n) is 6.19. The highest BCUT2D eigenvalue weighted by Gasteiger charge is 2.13. The number of nitrogens with zero attached hydrogens (tertiary/aromatic N) is 1. The average Bonchev–Trinajstić information content (AvgIpc) is 3.05. The molecule has 2 aromatic rings. The molecule has 1 aromatic heterocycles. The van der Waals surface area contributed by atoms with Crippen LogP contribution in [0.5, 0.6) is 17.2 Å². The third kappa shape index (κ3) is 3.18. The van der Waals surface area contributed by atoms with Crippen LogP contribution >= 0.6 is 11.3 Å². The van der Waals surface area contributed by atoms with Crippen LogP contribution < -0.4 is 14.2 Å². The Morgan fingerprint density at radius 2 is 1.81 bits per heavy atom. The molecule has 5 heteroatoms. The minimum atomic E-state index is 0.534. The van der Waals surface area contributed by atoms with E-state index in [-0.39, 0.29) is 0 Å². The normalized spacial score (nSPS) is 10.9. The number of nitriles is 1. The first-order chi connectivity index (χ1) is 10.2. The molecule has 0 fully saturated rings. The number of allylic oxidation sites excluding steroid dienone is 1. The van der Waals surface area contributed by atoms with Crippen molar-refractivity contribution in [3.05, 3.63) is 40.1 Å². The van der Waals surface area contributed by atoms with Crippen molar-refractivity contribution in [2.45, 2.75) is 0 Å². The van der Waals surface area contributed by atoms with Crippen LogP contribution in [0.4, 0.5) is 0 Å². The van der Waals surface area contributed by atoms with Gasteiger partial charge in [0.1, 0.15) is 6.07 Å². The van der Waals surface area contributed by atoms with Gasteiger partial charge in [-0.25, -0.2) is 0 Å². The smallest absolute Gasteiger partial charge is 0.203 e. The summed E-state index contributed by atoms with van der Waals surface area (Å²) in [6.07, 6.45) is 1.80. The lowest BCUT2D eigenvalue weighted by molar-refractivity contribution is 0.324. The van der Waals surface area contributed by atoms with E-state index >= 15 is 0 Å². The van der Waals surface area contributed by atoms with E-state index in [2.05, 4.69) is 6.07 Å². The Morgan fingerprint density at radius 3 is 2.24 bits per heavy atom. The molecule has 1 heterocycles. The van der Waals surface area contributed by atoms with E-state index in [1.165, 1.54) is 11.3 Å². The van der Waals surface area contributed by atoms with Crippen LogP contribution in [0.3, 0.4) is 0 Å². The molecule has 0 saturated heterocycles. The summed E-state index contributed by atoms with van der Waals surface area (Å²) in [6, 6.07) is 9.67. The number of methoxy groups -OCH3 is 3. The molecule has 2 rings (SSSR count). The Bertz CT molecular complexity index is 659. The summed E-state index contributed by atoms with van der Waals surface area (Å²) in [5.41, 5.74) is 1.41. The summed E-state index contributed by atoms with van der Waals surface area (Å²) >= 11 is 1.52. The van der Waals surface area contributed by atoms with Gasteiger partial charge >= 0.3 is 0 Å². The van der Waals surface area contributed by atoms with Crippen molar-refractivity contribution in [1.29, 1.82) is 5.26 Å². The van der Waals surface area contributed by atoms with Gasteiger partial charge in [0.05, 0.1) is 26.9 Å². The molecule has 4 nitrogen and oxygen atoms in total. The van der Waals surface area contributed by atoms with Crippen LogP contribution in [-0.2, 0) is 0 Å². The van der Waals surface area contributed by atoms with Crippen LogP contribution in [0, 0.1) is 11.3 Å². The molecule has 0 radical (unpaired) electrons. The Balaban J connectivity index is 2.52. The minimum absolute atomic E-state index is 0.534. The minimum Gasteiger partial charge on any atom is -0.493 e. The van der Waals surface area contributed by atoms with Gasteiger partial charge in [-0.05, 0) is 35.2 Å². The molecule has 0 unspecified atom stereocenters. The zero-order valence-electron chi connectivity index (χ0n) is 12.0. The van der Waals surface area contributed by atoms with Gasteiger partial charge in [-0.15, -0.1) is 11.3 Å². The zero-order valence-corrected chi connectivity index (χ0v) is 12.9. The van der Waals surface area contributed by atoms with E-state index < -0.39 is 0 Å². The van der Waals surface area contributed by atoms with Gasteiger partial charge in [0.25, 0.3) is 0 Å². The summed E-state index contributed by atoms with van der Waals surface area (Å²) in [7, 11) is 4.69. The lowest BCUT2D eigenvalue weighted by Crippen LogP contribution is -1.95. The van der Waals surface area contributed by atoms with E-state index in [1.807, 2.05) is 29.6 Å². The molecule has 0 aliphatic heterocycles. The predicted octanol–water partition coefficient (Wildman–Crippen LogP) is 3.84. The Morgan fingerprint density at radius 1 is 1.14 bits per heavy atom. The maximum Gasteiger partial charge on any atom is 0.203 e. The highest BCUT2D eigenvalue weighted by Crippen LogP contribution is 2.39. The summed E-state index contributed by atoms with van der Waals surface area (Å²) in [4.78, 5) is 0.922. The number of hydrogen-bond acceptors (Lipinski definition) is 5. The second-order valence-corrected chi connectivity index (χ2v) is 5.05. The van der Waals surface area contributed by atoms with Gasteiger partial charge in [0, 0.05) is 4.88 Å². The molecule has 1 aromatic carbocycles. The van der Waals surface area contributed by atoms with Gasteiger partial charge in [-0.1, -0.05) is 6.07 Å². The van der Waals surface area contributed by atoms with E-state index in [9.17, 15) is 5.26 Å². The molecule has 0 amide bonds. The SMILES string of the molecule is COc1cc(/C=C(\C#N)c2cccs2)cc(OC)c1OC. The molecule has 0 atom stereocenters. The molecule has 0 bridgehead atoms. The van der Waals surface area contributed by atoms with Gasteiger partial charge < -0.3 is 14.2 Å². The molecule has 0 saturated carbocycles. The van der Waals surface area contributed by atoms with Gasteiger partial charge in [-0.3, -0.25) is 0 Å². The topological polar surface area (TPSA) is 51.5 Å². The van der Waals surface area contributed by atoms with Crippen molar-refractivity contribution in [2.24, 2.45) is 0 Å². The highest BCUT2D eigenvalue weighted by molar-refractivity contribution is 7.11. The fourth-order valence-electron chi connectivity index (χ4n) is 1.94. The van der Waals surface area contributed by atoms with Crippen LogP contribution in [0.2, 0.25) is 0 Å². The standard InChI is InChI=1S/C16H15NO3S/c1-18-13-8-11(9-14(19-2)16(13)20-3)7-12(10-17)15-5-4-6-21-15/h4-9H,1-3H3/b12-7+. The molecular formula is C16H15NO3S. The number of hydrogen-bond donors (Lipinski definition) is 0. The lowest BCUT2D eigenvalue weighted by atomic mass is 10.1. The molecule has 0 aliphatic carbocycles. The molecule has 21 heavy (non-hydrogen) atoms. The first-order valence-corrected chi connectivity index (χ1v) is 7.07. The van der Waals surface area contributed by atoms with Crippen molar-refractivity contribution in [1.82, 2.24) is 0 Å².